The Kier molecular flexibility index (Phi) is 4.38. The van der Waals surface area contributed by atoms with E-state index in [1.807, 2.05) is 0 Å². The van der Waals surface area contributed by atoms with Crippen LogP contribution in [0, 0.1) is 6.92 Å². The van der Waals surface area contributed by atoms with Crippen LogP contribution in [-0.2, 0) is 26.6 Å². The third kappa shape index (κ3) is 3.53. The lowest BCUT2D eigenvalue weighted by atomic mass is 10.4. The Balaban J connectivity index is 2.33. The second-order valence-electron chi connectivity index (χ2n) is 4.71. The summed E-state index contributed by atoms with van der Waals surface area (Å²) in [7, 11) is -6.49. The Bertz CT molecular complexity index is 887. The third-order valence-corrected chi connectivity index (χ3v) is 5.61. The van der Waals surface area contributed by atoms with Crippen molar-refractivity contribution < 1.29 is 21.4 Å². The molecule has 2 N–H and O–H groups in total. The highest BCUT2D eigenvalue weighted by atomic mass is 32.2. The maximum atomic E-state index is 12.5. The summed E-state index contributed by atoms with van der Waals surface area (Å²) in [5, 5.41) is 8.74. The number of sulfonamides is 2. The molecule has 0 amide bonds. The van der Waals surface area contributed by atoms with Crippen LogP contribution in [0.15, 0.2) is 44.6 Å². The maximum Gasteiger partial charge on any atom is 0.243 e. The van der Waals surface area contributed by atoms with E-state index in [4.69, 9.17) is 9.66 Å². The number of aromatic nitrogens is 1. The van der Waals surface area contributed by atoms with Crippen molar-refractivity contribution in [3.05, 3.63) is 41.8 Å². The molecule has 0 spiro atoms. The van der Waals surface area contributed by atoms with Crippen molar-refractivity contribution >= 4 is 20.0 Å². The van der Waals surface area contributed by atoms with Gasteiger partial charge in [-0.05, 0) is 25.1 Å². The minimum Gasteiger partial charge on any atom is -0.361 e. The van der Waals surface area contributed by atoms with Crippen LogP contribution in [0.3, 0.4) is 0 Å². The van der Waals surface area contributed by atoms with E-state index in [1.165, 1.54) is 25.2 Å². The highest BCUT2D eigenvalue weighted by Crippen LogP contribution is 2.19. The second kappa shape index (κ2) is 5.80. The van der Waals surface area contributed by atoms with Gasteiger partial charge in [0.2, 0.25) is 20.0 Å². The molecule has 0 unspecified atom stereocenters. The average molecular weight is 345 g/mol. The van der Waals surface area contributed by atoms with Gasteiger partial charge in [0.1, 0.15) is 5.76 Å². The molecule has 8 nitrogen and oxygen atoms in total. The molecule has 10 heteroatoms. The topological polar surface area (TPSA) is 124 Å². The Labute approximate surface area is 128 Å². The van der Waals surface area contributed by atoms with E-state index in [9.17, 15) is 16.8 Å². The lowest BCUT2D eigenvalue weighted by Gasteiger charge is -2.16. The molecular weight excluding hydrogens is 330 g/mol. The van der Waals surface area contributed by atoms with Crippen LogP contribution in [0.5, 0.6) is 0 Å². The first-order chi connectivity index (χ1) is 10.1. The van der Waals surface area contributed by atoms with Crippen LogP contribution >= 0.6 is 0 Å². The summed E-state index contributed by atoms with van der Waals surface area (Å²) in [5.41, 5.74) is 0.450. The summed E-state index contributed by atoms with van der Waals surface area (Å²) in [6.45, 7) is 1.69. The number of benzene rings is 1. The first-order valence-electron chi connectivity index (χ1n) is 6.12. The predicted octanol–water partition coefficient (Wildman–Crippen LogP) is 0.451. The van der Waals surface area contributed by atoms with Gasteiger partial charge >= 0.3 is 0 Å². The summed E-state index contributed by atoms with van der Waals surface area (Å²) < 4.78 is 53.5. The summed E-state index contributed by atoms with van der Waals surface area (Å²) in [6, 6.07) is 6.49. The van der Waals surface area contributed by atoms with E-state index in [-0.39, 0.29) is 16.3 Å². The van der Waals surface area contributed by atoms with Crippen LogP contribution < -0.4 is 5.14 Å². The number of aryl methyl sites for hydroxylation is 1. The molecule has 0 bridgehead atoms. The molecule has 1 aromatic heterocycles. The minimum atomic E-state index is -3.98. The molecule has 120 valence electrons. The smallest absolute Gasteiger partial charge is 0.243 e. The van der Waals surface area contributed by atoms with E-state index in [0.717, 1.165) is 10.4 Å². The molecule has 0 saturated heterocycles. The fourth-order valence-corrected chi connectivity index (χ4v) is 3.62. The molecular formula is C12H15N3O5S2. The molecule has 2 rings (SSSR count). The molecule has 2 aromatic rings. The van der Waals surface area contributed by atoms with Crippen LogP contribution in [0.4, 0.5) is 0 Å². The second-order valence-corrected chi connectivity index (χ2v) is 8.32. The molecule has 1 heterocycles. The van der Waals surface area contributed by atoms with Crippen molar-refractivity contribution in [3.8, 4) is 0 Å². The van der Waals surface area contributed by atoms with E-state index < -0.39 is 20.0 Å². The van der Waals surface area contributed by atoms with Crippen molar-refractivity contribution in [1.29, 1.82) is 0 Å². The van der Waals surface area contributed by atoms with Gasteiger partial charge in [0.05, 0.1) is 22.0 Å². The number of nitrogens with zero attached hydrogens (tertiary/aromatic N) is 2. The third-order valence-electron chi connectivity index (χ3n) is 2.90. The zero-order valence-electron chi connectivity index (χ0n) is 11.9. The van der Waals surface area contributed by atoms with Gasteiger partial charge in [0.15, 0.2) is 0 Å². The van der Waals surface area contributed by atoms with Crippen LogP contribution in [0.1, 0.15) is 11.5 Å². The minimum absolute atomic E-state index is 0.000718. The van der Waals surface area contributed by atoms with Gasteiger partial charge in [-0.15, -0.1) is 0 Å². The number of hydrogen-bond acceptors (Lipinski definition) is 6. The lowest BCUT2D eigenvalue weighted by Crippen LogP contribution is -2.27. The molecule has 0 aliphatic carbocycles. The van der Waals surface area contributed by atoms with Gasteiger partial charge in [-0.25, -0.2) is 22.0 Å². The predicted molar refractivity (Wildman–Crippen MR) is 77.7 cm³/mol. The Morgan fingerprint density at radius 3 is 2.36 bits per heavy atom. The van der Waals surface area contributed by atoms with Crippen molar-refractivity contribution in [2.45, 2.75) is 23.3 Å². The Morgan fingerprint density at radius 2 is 1.82 bits per heavy atom. The van der Waals surface area contributed by atoms with Gasteiger partial charge in [-0.2, -0.15) is 4.31 Å². The number of primary sulfonamides is 1. The lowest BCUT2D eigenvalue weighted by molar-refractivity contribution is 0.378. The van der Waals surface area contributed by atoms with Crippen LogP contribution in [0.25, 0.3) is 0 Å². The Hall–Kier alpha value is -1.75. The van der Waals surface area contributed by atoms with E-state index in [1.54, 1.807) is 13.0 Å². The van der Waals surface area contributed by atoms with E-state index in [2.05, 4.69) is 5.16 Å². The summed E-state index contributed by atoms with van der Waals surface area (Å²) in [5.74, 6) is 0.567. The standard InChI is InChI=1S/C12H15N3O5S2/c1-9-6-10(14-20-9)8-15(2)22(18,19)12-5-3-4-11(7-12)21(13,16)17/h3-7H,8H2,1-2H3,(H2,13,16,17). The maximum absolute atomic E-state index is 12.5. The summed E-state index contributed by atoms with van der Waals surface area (Å²) in [4.78, 5) is -0.430. The largest absolute Gasteiger partial charge is 0.361 e. The van der Waals surface area contributed by atoms with Crippen LogP contribution in [-0.4, -0.2) is 33.3 Å². The van der Waals surface area contributed by atoms with Crippen molar-refractivity contribution in [2.24, 2.45) is 5.14 Å². The van der Waals surface area contributed by atoms with Gasteiger partial charge in [-0.3, -0.25) is 0 Å². The molecule has 0 aliphatic heterocycles. The van der Waals surface area contributed by atoms with Crippen molar-refractivity contribution in [3.63, 3.8) is 0 Å². The van der Waals surface area contributed by atoms with E-state index in [0.29, 0.717) is 11.5 Å². The normalized spacial score (nSPS) is 12.7. The zero-order valence-corrected chi connectivity index (χ0v) is 13.6. The van der Waals surface area contributed by atoms with Gasteiger partial charge < -0.3 is 4.52 Å². The first kappa shape index (κ1) is 16.6. The van der Waals surface area contributed by atoms with Gasteiger partial charge in [-0.1, -0.05) is 11.2 Å². The molecule has 0 radical (unpaired) electrons. The summed E-state index contributed by atoms with van der Waals surface area (Å²) >= 11 is 0. The van der Waals surface area contributed by atoms with Crippen LogP contribution in [0.2, 0.25) is 0 Å². The molecule has 0 atom stereocenters. The zero-order chi connectivity index (χ0) is 16.5. The number of rotatable bonds is 5. The molecule has 0 saturated carbocycles. The first-order valence-corrected chi connectivity index (χ1v) is 9.11. The monoisotopic (exact) mass is 345 g/mol. The van der Waals surface area contributed by atoms with Crippen molar-refractivity contribution in [1.82, 2.24) is 9.46 Å². The average Bonchev–Trinajstić information content (AvgIpc) is 2.83. The van der Waals surface area contributed by atoms with E-state index >= 15 is 0 Å². The molecule has 1 aromatic carbocycles. The SMILES string of the molecule is Cc1cc(CN(C)S(=O)(=O)c2cccc(S(N)(=O)=O)c2)no1. The highest BCUT2D eigenvalue weighted by Gasteiger charge is 2.23. The fourth-order valence-electron chi connectivity index (χ4n) is 1.80. The molecule has 0 fully saturated rings. The van der Waals surface area contributed by atoms with Gasteiger partial charge in [0.25, 0.3) is 0 Å². The molecule has 0 aliphatic rings. The quantitative estimate of drug-likeness (QED) is 0.839. The molecule has 22 heavy (non-hydrogen) atoms. The Morgan fingerprint density at radius 1 is 1.18 bits per heavy atom. The number of nitrogens with two attached hydrogens (primary N) is 1. The summed E-state index contributed by atoms with van der Waals surface area (Å²) in [6.07, 6.45) is 0. The fraction of sp³-hybridized carbons (Fsp3) is 0.250. The van der Waals surface area contributed by atoms with Gasteiger partial charge in [0, 0.05) is 13.1 Å². The number of hydrogen-bond donors (Lipinski definition) is 1. The highest BCUT2D eigenvalue weighted by molar-refractivity contribution is 7.90. The van der Waals surface area contributed by atoms with Crippen molar-refractivity contribution in [2.75, 3.05) is 7.05 Å².